The van der Waals surface area contributed by atoms with Crippen molar-refractivity contribution in [2.45, 2.75) is 125 Å². The molecule has 3 saturated carbocycles. The molecule has 6 rings (SSSR count). The standard InChI is InChI=1S/C39H63N5O5/c1-22(2)24(5)34(6)15-16-36(8)25-11-12-28-35(7)18-48-20-39(28,26(25)13-14-37(36,9)29(34)33(46)47)17-27(44-32(31(40)45)42-21-43-44)30(35)49-19-38(10,41)23(3)4/h13,21-25,27-30H,11-12,14-20,41H2,1-10H3,(H2,40,45)(H,46,47)/t24-,25+,27-,28+,29-,30+,34-,35-,36-,37+,38+,39+/m1/s1. The number of aromatic nitrogens is 3. The fourth-order valence-electron chi connectivity index (χ4n) is 12.2. The number of carbonyl (C=O) groups excluding carboxylic acids is 1. The number of carboxylic acids is 1. The number of rotatable bonds is 9. The van der Waals surface area contributed by atoms with Crippen LogP contribution in [0.4, 0.5) is 0 Å². The van der Waals surface area contributed by atoms with E-state index < -0.39 is 34.2 Å². The predicted molar refractivity (Wildman–Crippen MR) is 188 cm³/mol. The van der Waals surface area contributed by atoms with E-state index in [2.05, 4.69) is 78.5 Å². The van der Waals surface area contributed by atoms with Gasteiger partial charge in [0.25, 0.3) is 5.91 Å². The van der Waals surface area contributed by atoms with Gasteiger partial charge in [-0.15, -0.1) is 0 Å². The zero-order valence-electron chi connectivity index (χ0n) is 31.7. The van der Waals surface area contributed by atoms with Crippen LogP contribution in [0, 0.1) is 62.6 Å². The predicted octanol–water partition coefficient (Wildman–Crippen LogP) is 6.27. The molecule has 1 aromatic rings. The summed E-state index contributed by atoms with van der Waals surface area (Å²) in [5, 5.41) is 15.7. The van der Waals surface area contributed by atoms with Gasteiger partial charge in [-0.2, -0.15) is 5.10 Å². The third-order valence-corrected chi connectivity index (χ3v) is 16.1. The van der Waals surface area contributed by atoms with Gasteiger partial charge in [-0.05, 0) is 91.3 Å². The van der Waals surface area contributed by atoms with E-state index in [0.717, 1.165) is 32.1 Å². The Labute approximate surface area is 293 Å². The molecule has 0 spiro atoms. The molecule has 5 N–H and O–H groups in total. The van der Waals surface area contributed by atoms with Crippen molar-refractivity contribution >= 4 is 11.9 Å². The largest absolute Gasteiger partial charge is 0.481 e. The molecule has 1 amide bonds. The highest BCUT2D eigenvalue weighted by Gasteiger charge is 2.72. The SMILES string of the molecule is CC(C)[C@@H](C)[C@@]1(C)CC[C@]2(C)[C@H]3CC[C@@H]4[C@@]5(COC[C@@]4(C)[C@@H](OC[C@](C)(N)C(C)C)[C@H](n4ncnc4C(N)=O)C5)C3=CC[C@@]2(C)[C@@H]1C(=O)O. The first-order valence-corrected chi connectivity index (χ1v) is 18.8. The molecule has 274 valence electrons. The Morgan fingerprint density at radius 1 is 1.10 bits per heavy atom. The number of allylic oxidation sites excluding steroid dienone is 1. The fraction of sp³-hybridized carbons (Fsp3) is 0.846. The number of carbonyl (C=O) groups is 2. The van der Waals surface area contributed by atoms with Gasteiger partial charge in [0.2, 0.25) is 5.82 Å². The van der Waals surface area contributed by atoms with Crippen molar-refractivity contribution < 1.29 is 24.2 Å². The molecule has 5 aliphatic rings. The molecule has 10 heteroatoms. The minimum atomic E-state index is -0.656. The molecule has 49 heavy (non-hydrogen) atoms. The van der Waals surface area contributed by atoms with Gasteiger partial charge in [0.15, 0.2) is 0 Å². The first-order chi connectivity index (χ1) is 22.7. The van der Waals surface area contributed by atoms with Gasteiger partial charge in [-0.25, -0.2) is 9.67 Å². The highest BCUT2D eigenvalue weighted by atomic mass is 16.5. The van der Waals surface area contributed by atoms with Crippen molar-refractivity contribution in [1.29, 1.82) is 0 Å². The highest BCUT2D eigenvalue weighted by molar-refractivity contribution is 5.89. The lowest BCUT2D eigenvalue weighted by molar-refractivity contribution is -0.252. The fourth-order valence-corrected chi connectivity index (χ4v) is 12.2. The Morgan fingerprint density at radius 3 is 2.41 bits per heavy atom. The van der Waals surface area contributed by atoms with E-state index in [0.29, 0.717) is 32.2 Å². The molecule has 4 aliphatic carbocycles. The van der Waals surface area contributed by atoms with Gasteiger partial charge in [-0.3, -0.25) is 9.59 Å². The van der Waals surface area contributed by atoms with Crippen molar-refractivity contribution in [3.8, 4) is 0 Å². The second-order valence-corrected chi connectivity index (χ2v) is 18.9. The molecule has 0 aromatic carbocycles. The minimum absolute atomic E-state index is 0.134. The molecular formula is C39H63N5O5. The lowest BCUT2D eigenvalue weighted by Crippen LogP contribution is -2.69. The first kappa shape index (κ1) is 36.5. The molecule has 0 unspecified atom stereocenters. The molecule has 10 nitrogen and oxygen atoms in total. The molecule has 4 fully saturated rings. The monoisotopic (exact) mass is 681 g/mol. The summed E-state index contributed by atoms with van der Waals surface area (Å²) in [5.41, 5.74) is 11.9. The number of primary amides is 1. The minimum Gasteiger partial charge on any atom is -0.481 e. The van der Waals surface area contributed by atoms with Gasteiger partial charge < -0.3 is 26.0 Å². The zero-order chi connectivity index (χ0) is 36.1. The number of hydrogen-bond donors (Lipinski definition) is 3. The number of nitrogens with two attached hydrogens (primary N) is 2. The Morgan fingerprint density at radius 2 is 1.80 bits per heavy atom. The van der Waals surface area contributed by atoms with Crippen LogP contribution in [-0.2, 0) is 14.3 Å². The zero-order valence-corrected chi connectivity index (χ0v) is 31.7. The maximum atomic E-state index is 13.5. The van der Waals surface area contributed by atoms with Crippen molar-refractivity contribution in [1.82, 2.24) is 14.8 Å². The Balaban J connectivity index is 1.47. The number of amides is 1. The second-order valence-electron chi connectivity index (χ2n) is 18.9. The number of fused-ring (bicyclic) bond motifs is 3. The van der Waals surface area contributed by atoms with Crippen LogP contribution >= 0.6 is 0 Å². The maximum Gasteiger partial charge on any atom is 0.307 e. The maximum absolute atomic E-state index is 13.5. The van der Waals surface area contributed by atoms with Crippen LogP contribution in [0.5, 0.6) is 0 Å². The van der Waals surface area contributed by atoms with Crippen LogP contribution in [0.15, 0.2) is 18.0 Å². The van der Waals surface area contributed by atoms with Crippen LogP contribution in [-0.4, -0.2) is 63.2 Å². The number of ether oxygens (including phenoxy) is 2. The van der Waals surface area contributed by atoms with Crippen molar-refractivity contribution in [3.05, 3.63) is 23.8 Å². The number of nitrogens with zero attached hydrogens (tertiary/aromatic N) is 3. The van der Waals surface area contributed by atoms with E-state index in [1.165, 1.54) is 11.9 Å². The number of aliphatic carboxylic acids is 1. The second kappa shape index (κ2) is 11.9. The molecule has 0 radical (unpaired) electrons. The lowest BCUT2D eigenvalue weighted by atomic mass is 9.34. The summed E-state index contributed by atoms with van der Waals surface area (Å²) in [4.78, 5) is 30.4. The molecular weight excluding hydrogens is 618 g/mol. The quantitative estimate of drug-likeness (QED) is 0.258. The molecule has 1 aromatic heterocycles. The third kappa shape index (κ3) is 5.03. The summed E-state index contributed by atoms with van der Waals surface area (Å²) in [6.45, 7) is 23.7. The van der Waals surface area contributed by atoms with Crippen molar-refractivity contribution in [2.75, 3.05) is 19.8 Å². The summed E-state index contributed by atoms with van der Waals surface area (Å²) < 4.78 is 15.3. The average Bonchev–Trinajstić information content (AvgIpc) is 3.50. The molecule has 12 atom stereocenters. The normalized spacial score (nSPS) is 43.5. The van der Waals surface area contributed by atoms with Crippen molar-refractivity contribution in [2.24, 2.45) is 74.0 Å². The summed E-state index contributed by atoms with van der Waals surface area (Å²) in [6, 6.07) is -0.313. The average molecular weight is 682 g/mol. The first-order valence-electron chi connectivity index (χ1n) is 18.8. The third-order valence-electron chi connectivity index (χ3n) is 16.1. The Bertz CT molecular complexity index is 1500. The lowest BCUT2D eigenvalue weighted by Gasteiger charge is -2.71. The van der Waals surface area contributed by atoms with E-state index in [1.807, 2.05) is 6.92 Å². The molecule has 1 saturated heterocycles. The van der Waals surface area contributed by atoms with Crippen LogP contribution in [0.25, 0.3) is 0 Å². The van der Waals surface area contributed by atoms with Crippen LogP contribution in [0.3, 0.4) is 0 Å². The van der Waals surface area contributed by atoms with Gasteiger partial charge in [0, 0.05) is 16.4 Å². The molecule has 1 aliphatic heterocycles. The topological polar surface area (TPSA) is 156 Å². The Hall–Kier alpha value is -2.30. The van der Waals surface area contributed by atoms with Crippen LogP contribution in [0.1, 0.15) is 124 Å². The summed E-state index contributed by atoms with van der Waals surface area (Å²) in [5.74, 6) is -0.200. The van der Waals surface area contributed by atoms with E-state index in [4.69, 9.17) is 20.9 Å². The Kier molecular flexibility index (Phi) is 8.84. The number of hydrogen-bond acceptors (Lipinski definition) is 7. The smallest absolute Gasteiger partial charge is 0.307 e. The van der Waals surface area contributed by atoms with Gasteiger partial charge in [0.1, 0.15) is 6.33 Å². The van der Waals surface area contributed by atoms with Gasteiger partial charge in [-0.1, -0.05) is 74.0 Å². The van der Waals surface area contributed by atoms with Gasteiger partial charge >= 0.3 is 5.97 Å². The van der Waals surface area contributed by atoms with Gasteiger partial charge in [0.05, 0.1) is 37.9 Å². The van der Waals surface area contributed by atoms with Crippen LogP contribution < -0.4 is 11.5 Å². The van der Waals surface area contributed by atoms with Crippen LogP contribution in [0.2, 0.25) is 0 Å². The molecule has 2 heterocycles. The number of carboxylic acid groups (broad SMARTS) is 1. The summed E-state index contributed by atoms with van der Waals surface area (Å²) in [7, 11) is 0. The van der Waals surface area contributed by atoms with Crippen molar-refractivity contribution in [3.63, 3.8) is 0 Å². The van der Waals surface area contributed by atoms with E-state index in [1.54, 1.807) is 4.68 Å². The van der Waals surface area contributed by atoms with E-state index in [-0.39, 0.29) is 57.9 Å². The molecule has 2 bridgehead atoms. The summed E-state index contributed by atoms with van der Waals surface area (Å²) in [6.07, 6.45) is 8.82. The summed E-state index contributed by atoms with van der Waals surface area (Å²) >= 11 is 0. The van der Waals surface area contributed by atoms with E-state index in [9.17, 15) is 14.7 Å². The highest BCUT2D eigenvalue weighted by Crippen LogP contribution is 2.75. The van der Waals surface area contributed by atoms with E-state index >= 15 is 0 Å².